The van der Waals surface area contributed by atoms with Crippen molar-refractivity contribution in [3.8, 4) is 0 Å². The Morgan fingerprint density at radius 3 is 2.66 bits per heavy atom. The number of nitrogens with zero attached hydrogens (tertiary/aromatic N) is 3. The van der Waals surface area contributed by atoms with Gasteiger partial charge in [-0.15, -0.1) is 0 Å². The highest BCUT2D eigenvalue weighted by atomic mass is 16.4. The maximum atomic E-state index is 12.3. The zero-order valence-electron chi connectivity index (χ0n) is 16.5. The number of hydrogen-bond acceptors (Lipinski definition) is 5. The van der Waals surface area contributed by atoms with Crippen LogP contribution in [0.1, 0.15) is 47.6 Å². The van der Waals surface area contributed by atoms with Crippen LogP contribution < -0.4 is 5.32 Å². The second kappa shape index (κ2) is 9.05. The van der Waals surface area contributed by atoms with Crippen LogP contribution in [0.5, 0.6) is 0 Å². The summed E-state index contributed by atoms with van der Waals surface area (Å²) in [6.45, 7) is 3.56. The monoisotopic (exact) mass is 394 g/mol. The average molecular weight is 394 g/mol. The smallest absolute Gasteiger partial charge is 0.287 e. The van der Waals surface area contributed by atoms with Gasteiger partial charge in [0.1, 0.15) is 5.76 Å². The van der Waals surface area contributed by atoms with Gasteiger partial charge in [-0.3, -0.25) is 14.5 Å². The molecule has 7 nitrogen and oxygen atoms in total. The molecule has 2 aliphatic heterocycles. The second-order valence-electron chi connectivity index (χ2n) is 7.43. The van der Waals surface area contributed by atoms with Crippen molar-refractivity contribution < 1.29 is 14.0 Å². The fraction of sp³-hybridized carbons (Fsp3) is 0.409. The molecule has 0 bridgehead atoms. The van der Waals surface area contributed by atoms with Crippen LogP contribution in [0.15, 0.2) is 52.0 Å². The van der Waals surface area contributed by atoms with Crippen molar-refractivity contribution in [2.24, 2.45) is 5.10 Å². The van der Waals surface area contributed by atoms with Crippen molar-refractivity contribution in [3.63, 3.8) is 0 Å². The summed E-state index contributed by atoms with van der Waals surface area (Å²) in [5, 5.41) is 8.75. The van der Waals surface area contributed by atoms with Gasteiger partial charge in [0.25, 0.3) is 5.91 Å². The molecular formula is C22H26N4O3. The number of rotatable bonds is 7. The van der Waals surface area contributed by atoms with Crippen molar-refractivity contribution in [1.82, 2.24) is 15.2 Å². The fourth-order valence-electron chi connectivity index (χ4n) is 3.72. The van der Waals surface area contributed by atoms with Gasteiger partial charge in [-0.1, -0.05) is 30.3 Å². The van der Waals surface area contributed by atoms with E-state index < -0.39 is 0 Å². The zero-order chi connectivity index (χ0) is 20.1. The van der Waals surface area contributed by atoms with Crippen LogP contribution in [0.3, 0.4) is 0 Å². The van der Waals surface area contributed by atoms with E-state index in [0.29, 0.717) is 31.7 Å². The topological polar surface area (TPSA) is 78.2 Å². The highest BCUT2D eigenvalue weighted by Gasteiger charge is 2.21. The van der Waals surface area contributed by atoms with Crippen molar-refractivity contribution in [3.05, 3.63) is 59.5 Å². The van der Waals surface area contributed by atoms with Crippen LogP contribution >= 0.6 is 0 Å². The first-order chi connectivity index (χ1) is 14.2. The third-order valence-corrected chi connectivity index (χ3v) is 5.28. The van der Waals surface area contributed by atoms with Gasteiger partial charge in [-0.2, -0.15) is 5.10 Å². The van der Waals surface area contributed by atoms with E-state index in [1.54, 1.807) is 6.07 Å². The summed E-state index contributed by atoms with van der Waals surface area (Å²) in [5.74, 6) is 0.817. The van der Waals surface area contributed by atoms with Crippen LogP contribution in [0, 0.1) is 0 Å². The number of carbonyl (C=O) groups is 2. The molecule has 2 aromatic rings. The van der Waals surface area contributed by atoms with E-state index >= 15 is 0 Å². The Morgan fingerprint density at radius 1 is 1.07 bits per heavy atom. The Hall–Kier alpha value is -2.93. The quantitative estimate of drug-likeness (QED) is 0.783. The molecule has 29 heavy (non-hydrogen) atoms. The summed E-state index contributed by atoms with van der Waals surface area (Å²) >= 11 is 0. The molecule has 1 aromatic carbocycles. The first-order valence-electron chi connectivity index (χ1n) is 10.2. The van der Waals surface area contributed by atoms with Gasteiger partial charge in [0.15, 0.2) is 5.76 Å². The lowest BCUT2D eigenvalue weighted by Gasteiger charge is -2.23. The predicted molar refractivity (Wildman–Crippen MR) is 109 cm³/mol. The number of furan rings is 1. The lowest BCUT2D eigenvalue weighted by molar-refractivity contribution is -0.131. The third-order valence-electron chi connectivity index (χ3n) is 5.28. The standard InChI is InChI=1S/C22H26N4O3/c27-21-11-9-19(17-6-2-1-3-7-17)24-26(21)15-12-23-22(28)20-10-8-18(29-20)16-25-13-4-5-14-25/h1-3,6-8,10H,4-5,9,11-16H2,(H,23,28). The van der Waals surface area contributed by atoms with Crippen molar-refractivity contribution in [2.75, 3.05) is 26.2 Å². The van der Waals surface area contributed by atoms with Crippen LogP contribution in [0.25, 0.3) is 0 Å². The molecule has 4 rings (SSSR count). The molecule has 7 heteroatoms. The Morgan fingerprint density at radius 2 is 1.86 bits per heavy atom. The Bertz CT molecular complexity index is 884. The van der Waals surface area contributed by atoms with Gasteiger partial charge in [-0.25, -0.2) is 5.01 Å². The molecule has 2 aliphatic rings. The van der Waals surface area contributed by atoms with Crippen molar-refractivity contribution in [1.29, 1.82) is 0 Å². The fourth-order valence-corrected chi connectivity index (χ4v) is 3.72. The highest BCUT2D eigenvalue weighted by Crippen LogP contribution is 2.16. The van der Waals surface area contributed by atoms with E-state index in [1.807, 2.05) is 36.4 Å². The minimum Gasteiger partial charge on any atom is -0.455 e. The normalized spacial score (nSPS) is 17.4. The molecular weight excluding hydrogens is 368 g/mol. The van der Waals surface area contributed by atoms with Gasteiger partial charge < -0.3 is 9.73 Å². The maximum Gasteiger partial charge on any atom is 0.287 e. The van der Waals surface area contributed by atoms with Gasteiger partial charge in [0.2, 0.25) is 5.91 Å². The lowest BCUT2D eigenvalue weighted by atomic mass is 10.0. The largest absolute Gasteiger partial charge is 0.455 e. The summed E-state index contributed by atoms with van der Waals surface area (Å²) in [4.78, 5) is 26.8. The van der Waals surface area contributed by atoms with Crippen LogP contribution in [-0.2, 0) is 11.3 Å². The number of benzene rings is 1. The van der Waals surface area contributed by atoms with Gasteiger partial charge in [0.05, 0.1) is 18.8 Å². The molecule has 0 spiro atoms. The van der Waals surface area contributed by atoms with Gasteiger partial charge in [-0.05, 0) is 43.6 Å². The third kappa shape index (κ3) is 4.92. The number of nitrogens with one attached hydrogen (secondary N) is 1. The molecule has 0 saturated carbocycles. The number of likely N-dealkylation sites (tertiary alicyclic amines) is 1. The molecule has 1 N–H and O–H groups in total. The average Bonchev–Trinajstić information content (AvgIpc) is 3.43. The summed E-state index contributed by atoms with van der Waals surface area (Å²) in [5.41, 5.74) is 1.92. The number of amides is 2. The first-order valence-corrected chi connectivity index (χ1v) is 10.2. The van der Waals surface area contributed by atoms with Crippen LogP contribution in [0.4, 0.5) is 0 Å². The minimum absolute atomic E-state index is 0.0233. The van der Waals surface area contributed by atoms with E-state index in [0.717, 1.165) is 36.7 Å². The number of hydrazone groups is 1. The Balaban J connectivity index is 1.29. The predicted octanol–water partition coefficient (Wildman–Crippen LogP) is 2.63. The summed E-state index contributed by atoms with van der Waals surface area (Å²) < 4.78 is 5.68. The Labute approximate surface area is 170 Å². The lowest BCUT2D eigenvalue weighted by Crippen LogP contribution is -2.38. The van der Waals surface area contributed by atoms with Crippen molar-refractivity contribution in [2.45, 2.75) is 32.2 Å². The van der Waals surface area contributed by atoms with E-state index in [2.05, 4.69) is 15.3 Å². The van der Waals surface area contributed by atoms with Gasteiger partial charge in [0, 0.05) is 19.4 Å². The molecule has 3 heterocycles. The summed E-state index contributed by atoms with van der Waals surface area (Å²) in [7, 11) is 0. The highest BCUT2D eigenvalue weighted by molar-refractivity contribution is 6.04. The molecule has 1 aromatic heterocycles. The first kappa shape index (κ1) is 19.4. The van der Waals surface area contributed by atoms with E-state index in [4.69, 9.17) is 4.42 Å². The molecule has 1 fully saturated rings. The molecule has 0 atom stereocenters. The molecule has 0 aliphatic carbocycles. The summed E-state index contributed by atoms with van der Waals surface area (Å²) in [6, 6.07) is 13.4. The molecule has 152 valence electrons. The molecule has 0 unspecified atom stereocenters. The summed E-state index contributed by atoms with van der Waals surface area (Å²) in [6.07, 6.45) is 3.51. The second-order valence-corrected chi connectivity index (χ2v) is 7.43. The number of carbonyl (C=O) groups excluding carboxylic acids is 2. The molecule has 0 radical (unpaired) electrons. The Kier molecular flexibility index (Phi) is 6.05. The maximum absolute atomic E-state index is 12.3. The van der Waals surface area contributed by atoms with E-state index in [-0.39, 0.29) is 11.8 Å². The van der Waals surface area contributed by atoms with Crippen LogP contribution in [0.2, 0.25) is 0 Å². The van der Waals surface area contributed by atoms with Crippen molar-refractivity contribution >= 4 is 17.5 Å². The zero-order valence-corrected chi connectivity index (χ0v) is 16.5. The minimum atomic E-state index is -0.269. The molecule has 2 amide bonds. The van der Waals surface area contributed by atoms with E-state index in [9.17, 15) is 9.59 Å². The van der Waals surface area contributed by atoms with Gasteiger partial charge >= 0.3 is 0 Å². The SMILES string of the molecule is O=C(NCCN1N=C(c2ccccc2)CCC1=O)c1ccc(CN2CCCC2)o1. The number of hydrogen-bond donors (Lipinski definition) is 1. The van der Waals surface area contributed by atoms with E-state index in [1.165, 1.54) is 17.9 Å². The molecule has 1 saturated heterocycles. The van der Waals surface area contributed by atoms with Crippen LogP contribution in [-0.4, -0.2) is 53.6 Å².